The second kappa shape index (κ2) is 11.1. The van der Waals surface area contributed by atoms with Gasteiger partial charge in [-0.2, -0.15) is 0 Å². The van der Waals surface area contributed by atoms with Crippen LogP contribution in [0.5, 0.6) is 0 Å². The Morgan fingerprint density at radius 1 is 1.05 bits per heavy atom. The van der Waals surface area contributed by atoms with Crippen LogP contribution in [0.2, 0.25) is 0 Å². The molecule has 2 atom stereocenters. The van der Waals surface area contributed by atoms with Crippen LogP contribution in [-0.2, 0) is 4.79 Å². The van der Waals surface area contributed by atoms with Gasteiger partial charge in [-0.3, -0.25) is 4.79 Å². The molecule has 1 saturated carbocycles. The topological polar surface area (TPSA) is 46.3 Å². The highest BCUT2D eigenvalue weighted by molar-refractivity contribution is 5.76. The molecule has 0 spiro atoms. The second-order valence-electron chi connectivity index (χ2n) is 6.55. The average Bonchev–Trinajstić information content (AvgIpc) is 2.95. The van der Waals surface area contributed by atoms with E-state index in [0.29, 0.717) is 17.9 Å². The quantitative estimate of drug-likeness (QED) is 0.583. The van der Waals surface area contributed by atoms with Crippen LogP contribution in [0.4, 0.5) is 0 Å². The number of carbonyl (C=O) groups is 1. The van der Waals surface area contributed by atoms with Crippen LogP contribution in [0.1, 0.15) is 84.5 Å². The minimum atomic E-state index is 0.358. The van der Waals surface area contributed by atoms with Gasteiger partial charge >= 0.3 is 0 Å². The van der Waals surface area contributed by atoms with Gasteiger partial charge in [-0.1, -0.05) is 51.9 Å². The minimum Gasteiger partial charge on any atom is -0.340 e. The number of rotatable bonds is 11. The van der Waals surface area contributed by atoms with E-state index in [1.54, 1.807) is 0 Å². The molecule has 3 nitrogen and oxygen atoms in total. The van der Waals surface area contributed by atoms with Crippen LogP contribution >= 0.6 is 0 Å². The van der Waals surface area contributed by atoms with Crippen molar-refractivity contribution in [2.45, 2.75) is 90.5 Å². The molecule has 0 heterocycles. The van der Waals surface area contributed by atoms with Gasteiger partial charge in [0.05, 0.1) is 0 Å². The van der Waals surface area contributed by atoms with Gasteiger partial charge in [0.25, 0.3) is 0 Å². The van der Waals surface area contributed by atoms with Crippen molar-refractivity contribution in [3.05, 3.63) is 0 Å². The lowest BCUT2D eigenvalue weighted by molar-refractivity contribution is -0.134. The first-order valence-corrected chi connectivity index (χ1v) is 9.24. The van der Waals surface area contributed by atoms with Gasteiger partial charge in [0.2, 0.25) is 5.91 Å². The van der Waals surface area contributed by atoms with Crippen molar-refractivity contribution in [1.82, 2.24) is 4.90 Å². The molecule has 1 aliphatic rings. The molecule has 1 rings (SSSR count). The maximum atomic E-state index is 12.4. The van der Waals surface area contributed by atoms with Crippen LogP contribution in [-0.4, -0.2) is 29.9 Å². The third-order valence-corrected chi connectivity index (χ3v) is 4.98. The molecule has 1 amide bonds. The predicted octanol–water partition coefficient (Wildman–Crippen LogP) is 4.10. The predicted molar refractivity (Wildman–Crippen MR) is 90.2 cm³/mol. The van der Waals surface area contributed by atoms with E-state index in [1.165, 1.54) is 51.4 Å². The molecule has 2 unspecified atom stereocenters. The monoisotopic (exact) mass is 296 g/mol. The summed E-state index contributed by atoms with van der Waals surface area (Å²) in [6.07, 6.45) is 13.2. The summed E-state index contributed by atoms with van der Waals surface area (Å²) in [7, 11) is 0. The number of hydrogen-bond donors (Lipinski definition) is 1. The molecule has 0 bridgehead atoms. The van der Waals surface area contributed by atoms with Crippen LogP contribution < -0.4 is 5.73 Å². The molecule has 124 valence electrons. The fraction of sp³-hybridized carbons (Fsp3) is 0.944. The van der Waals surface area contributed by atoms with Gasteiger partial charge in [0.1, 0.15) is 0 Å². The molecule has 0 aliphatic heterocycles. The largest absolute Gasteiger partial charge is 0.340 e. The number of nitrogens with zero attached hydrogens (tertiary/aromatic N) is 1. The Bertz CT molecular complexity index is 280. The van der Waals surface area contributed by atoms with E-state index >= 15 is 0 Å². The van der Waals surface area contributed by atoms with Crippen molar-refractivity contribution in [3.63, 3.8) is 0 Å². The molecule has 0 aromatic rings. The van der Waals surface area contributed by atoms with Crippen molar-refractivity contribution in [2.75, 3.05) is 13.1 Å². The molecule has 0 saturated heterocycles. The molecule has 1 fully saturated rings. The van der Waals surface area contributed by atoms with Gasteiger partial charge < -0.3 is 10.6 Å². The van der Waals surface area contributed by atoms with Crippen LogP contribution in [0.3, 0.4) is 0 Å². The smallest absolute Gasteiger partial charge is 0.222 e. The minimum absolute atomic E-state index is 0.358. The molecular formula is C18H36N2O. The van der Waals surface area contributed by atoms with Crippen molar-refractivity contribution < 1.29 is 4.79 Å². The Hall–Kier alpha value is -0.570. The van der Waals surface area contributed by atoms with Crippen LogP contribution in [0.25, 0.3) is 0 Å². The maximum Gasteiger partial charge on any atom is 0.222 e. The fourth-order valence-corrected chi connectivity index (χ4v) is 3.68. The number of amides is 1. The Morgan fingerprint density at radius 3 is 2.33 bits per heavy atom. The summed E-state index contributed by atoms with van der Waals surface area (Å²) in [6, 6.07) is 0.414. The first kappa shape index (κ1) is 18.5. The third-order valence-electron chi connectivity index (χ3n) is 4.98. The second-order valence-corrected chi connectivity index (χ2v) is 6.55. The van der Waals surface area contributed by atoms with Gasteiger partial charge in [-0.25, -0.2) is 0 Å². The van der Waals surface area contributed by atoms with Crippen molar-refractivity contribution in [1.29, 1.82) is 0 Å². The summed E-state index contributed by atoms with van der Waals surface area (Å²) in [6.45, 7) is 5.92. The summed E-state index contributed by atoms with van der Waals surface area (Å²) >= 11 is 0. The Balaban J connectivity index is 2.22. The normalized spacial score (nSPS) is 21.7. The summed E-state index contributed by atoms with van der Waals surface area (Å²) in [4.78, 5) is 14.6. The maximum absolute atomic E-state index is 12.4. The lowest BCUT2D eigenvalue weighted by Gasteiger charge is -2.32. The standard InChI is InChI=1S/C18H36N2O/c1-3-5-6-7-8-9-10-14-18(21)20(4-2)17-13-11-12-16(17)15-19/h16-17H,3-15,19H2,1-2H3. The molecule has 3 heteroatoms. The highest BCUT2D eigenvalue weighted by atomic mass is 16.2. The molecule has 21 heavy (non-hydrogen) atoms. The van der Waals surface area contributed by atoms with Crippen molar-refractivity contribution in [2.24, 2.45) is 11.7 Å². The zero-order valence-electron chi connectivity index (χ0n) is 14.3. The van der Waals surface area contributed by atoms with Gasteiger partial charge in [0, 0.05) is 19.0 Å². The van der Waals surface area contributed by atoms with Crippen LogP contribution in [0, 0.1) is 5.92 Å². The van der Waals surface area contributed by atoms with E-state index in [9.17, 15) is 4.79 Å². The van der Waals surface area contributed by atoms with Crippen molar-refractivity contribution in [3.8, 4) is 0 Å². The highest BCUT2D eigenvalue weighted by Gasteiger charge is 2.32. The summed E-state index contributed by atoms with van der Waals surface area (Å²) in [5, 5.41) is 0. The molecule has 2 N–H and O–H groups in total. The highest BCUT2D eigenvalue weighted by Crippen LogP contribution is 2.29. The number of carbonyl (C=O) groups excluding carboxylic acids is 1. The zero-order valence-corrected chi connectivity index (χ0v) is 14.3. The summed E-state index contributed by atoms with van der Waals surface area (Å²) in [5.41, 5.74) is 5.86. The Morgan fingerprint density at radius 2 is 1.71 bits per heavy atom. The summed E-state index contributed by atoms with van der Waals surface area (Å²) < 4.78 is 0. The first-order valence-electron chi connectivity index (χ1n) is 9.24. The van der Waals surface area contributed by atoms with E-state index in [2.05, 4.69) is 18.7 Å². The lowest BCUT2D eigenvalue weighted by Crippen LogP contribution is -2.44. The van der Waals surface area contributed by atoms with Crippen molar-refractivity contribution >= 4 is 5.91 Å². The van der Waals surface area contributed by atoms with E-state index in [0.717, 1.165) is 32.4 Å². The van der Waals surface area contributed by atoms with E-state index < -0.39 is 0 Å². The zero-order chi connectivity index (χ0) is 15.5. The fourth-order valence-electron chi connectivity index (χ4n) is 3.68. The molecular weight excluding hydrogens is 260 g/mol. The van der Waals surface area contributed by atoms with Crippen LogP contribution in [0.15, 0.2) is 0 Å². The number of nitrogens with two attached hydrogens (primary N) is 1. The average molecular weight is 296 g/mol. The molecule has 1 aliphatic carbocycles. The SMILES string of the molecule is CCCCCCCCCC(=O)N(CC)C1CCCC1CN. The van der Waals surface area contributed by atoms with E-state index in [1.807, 2.05) is 0 Å². The molecule has 0 radical (unpaired) electrons. The van der Waals surface area contributed by atoms with Gasteiger partial charge in [-0.05, 0) is 38.6 Å². The summed E-state index contributed by atoms with van der Waals surface area (Å²) in [5.74, 6) is 0.888. The van der Waals surface area contributed by atoms with Gasteiger partial charge in [0.15, 0.2) is 0 Å². The number of unbranched alkanes of at least 4 members (excludes halogenated alkanes) is 6. The Labute approximate surface area is 131 Å². The van der Waals surface area contributed by atoms with Gasteiger partial charge in [-0.15, -0.1) is 0 Å². The lowest BCUT2D eigenvalue weighted by atomic mass is 10.0. The van der Waals surface area contributed by atoms with E-state index in [-0.39, 0.29) is 0 Å². The third kappa shape index (κ3) is 6.37. The molecule has 0 aromatic heterocycles. The van der Waals surface area contributed by atoms with E-state index in [4.69, 9.17) is 5.73 Å². The molecule has 0 aromatic carbocycles. The first-order chi connectivity index (χ1) is 10.2. The number of hydrogen-bond acceptors (Lipinski definition) is 2. The Kier molecular flexibility index (Phi) is 9.73.